The van der Waals surface area contributed by atoms with Crippen LogP contribution in [0.3, 0.4) is 0 Å². The number of rotatable bonds is 7. The van der Waals surface area contributed by atoms with E-state index in [1.807, 2.05) is 41.3 Å². The largest absolute Gasteiger partial charge is 0.351 e. The molecule has 2 N–H and O–H groups in total. The Balaban J connectivity index is 1.53. The van der Waals surface area contributed by atoms with Gasteiger partial charge in [-0.3, -0.25) is 14.6 Å². The van der Waals surface area contributed by atoms with Gasteiger partial charge in [-0.1, -0.05) is 13.0 Å². The van der Waals surface area contributed by atoms with E-state index >= 15 is 0 Å². The second kappa shape index (κ2) is 8.79. The predicted octanol–water partition coefficient (Wildman–Crippen LogP) is 3.65. The summed E-state index contributed by atoms with van der Waals surface area (Å²) >= 11 is 1.32. The molecule has 0 saturated heterocycles. The minimum atomic E-state index is -0.326. The predicted molar refractivity (Wildman–Crippen MR) is 110 cm³/mol. The Morgan fingerprint density at radius 1 is 1.21 bits per heavy atom. The third kappa shape index (κ3) is 4.83. The van der Waals surface area contributed by atoms with Gasteiger partial charge in [0.15, 0.2) is 5.13 Å². The molecule has 0 aliphatic heterocycles. The summed E-state index contributed by atoms with van der Waals surface area (Å²) in [5.74, 6) is -0.603. The molecule has 0 radical (unpaired) electrons. The number of nitrogens with zero attached hydrogens (tertiary/aromatic N) is 3. The third-order valence-corrected chi connectivity index (χ3v) is 5.14. The van der Waals surface area contributed by atoms with E-state index in [1.54, 1.807) is 12.3 Å². The number of amides is 2. The van der Waals surface area contributed by atoms with Crippen LogP contribution in [0.5, 0.6) is 0 Å². The van der Waals surface area contributed by atoms with Crippen molar-refractivity contribution in [3.05, 3.63) is 53.3 Å². The minimum absolute atomic E-state index is 0.120. The monoisotopic (exact) mass is 397 g/mol. The number of thiazole rings is 1. The fraction of sp³-hybridized carbons (Fsp3) is 0.300. The van der Waals surface area contributed by atoms with E-state index in [0.717, 1.165) is 17.8 Å². The minimum Gasteiger partial charge on any atom is -0.351 e. The molecule has 1 unspecified atom stereocenters. The molecule has 0 saturated carbocycles. The molecule has 28 heavy (non-hydrogen) atoms. The van der Waals surface area contributed by atoms with Crippen molar-refractivity contribution in [3.8, 4) is 11.4 Å². The van der Waals surface area contributed by atoms with Gasteiger partial charge in [0, 0.05) is 29.5 Å². The van der Waals surface area contributed by atoms with Gasteiger partial charge in [-0.05, 0) is 38.5 Å². The second-order valence-electron chi connectivity index (χ2n) is 6.54. The maximum atomic E-state index is 12.2. The van der Waals surface area contributed by atoms with E-state index in [2.05, 4.69) is 34.4 Å². The molecule has 0 aliphatic rings. The quantitative estimate of drug-likeness (QED) is 0.637. The van der Waals surface area contributed by atoms with Crippen LogP contribution in [0.15, 0.2) is 42.0 Å². The molecule has 1 atom stereocenters. The van der Waals surface area contributed by atoms with Crippen LogP contribution < -0.4 is 10.6 Å². The van der Waals surface area contributed by atoms with Crippen LogP contribution in [0, 0.1) is 6.92 Å². The number of hydrogen-bond acceptors (Lipinski definition) is 5. The van der Waals surface area contributed by atoms with E-state index in [-0.39, 0.29) is 18.4 Å². The fourth-order valence-corrected chi connectivity index (χ4v) is 3.31. The summed E-state index contributed by atoms with van der Waals surface area (Å²) < 4.78 is 1.99. The standard InChI is InChI=1S/C20H23N5O2S/c1-4-14(3)25-9-8-15(11-25)19(27)21-10-18(26)24-20-23-17(12-28-20)16-7-5-6-13(2)22-16/h5-9,11-12,14H,4,10H2,1-3H3,(H,21,27)(H,23,24,26). The normalized spacial score (nSPS) is 11.8. The van der Waals surface area contributed by atoms with E-state index in [4.69, 9.17) is 0 Å². The van der Waals surface area contributed by atoms with E-state index in [1.165, 1.54) is 11.3 Å². The Bertz CT molecular complexity index is 978. The molecule has 2 amide bonds. The molecule has 0 fully saturated rings. The van der Waals surface area contributed by atoms with Crippen LogP contribution in [0.4, 0.5) is 5.13 Å². The zero-order valence-electron chi connectivity index (χ0n) is 16.1. The second-order valence-corrected chi connectivity index (χ2v) is 7.40. The summed E-state index contributed by atoms with van der Waals surface area (Å²) in [7, 11) is 0. The zero-order chi connectivity index (χ0) is 20.1. The van der Waals surface area contributed by atoms with Crippen molar-refractivity contribution in [1.29, 1.82) is 0 Å². The molecule has 3 heterocycles. The van der Waals surface area contributed by atoms with Crippen LogP contribution >= 0.6 is 11.3 Å². The van der Waals surface area contributed by atoms with E-state index in [9.17, 15) is 9.59 Å². The summed E-state index contributed by atoms with van der Waals surface area (Å²) in [6.07, 6.45) is 4.65. The van der Waals surface area contributed by atoms with E-state index in [0.29, 0.717) is 22.4 Å². The first-order chi connectivity index (χ1) is 13.5. The highest BCUT2D eigenvalue weighted by atomic mass is 32.1. The molecule has 146 valence electrons. The SMILES string of the molecule is CCC(C)n1ccc(C(=O)NCC(=O)Nc2nc(-c3cccc(C)n3)cs2)c1. The van der Waals surface area contributed by atoms with Crippen molar-refractivity contribution in [2.24, 2.45) is 0 Å². The fourth-order valence-electron chi connectivity index (χ4n) is 2.59. The summed E-state index contributed by atoms with van der Waals surface area (Å²) in [6, 6.07) is 7.78. The molecular formula is C20H23N5O2S. The van der Waals surface area contributed by atoms with Gasteiger partial charge in [-0.2, -0.15) is 0 Å². The summed E-state index contributed by atoms with van der Waals surface area (Å²) in [6.45, 7) is 5.97. The maximum absolute atomic E-state index is 12.2. The number of anilines is 1. The molecule has 0 bridgehead atoms. The molecule has 8 heteroatoms. The average Bonchev–Trinajstić information content (AvgIpc) is 3.35. The molecule has 0 spiro atoms. The first-order valence-electron chi connectivity index (χ1n) is 9.11. The van der Waals surface area contributed by atoms with Crippen molar-refractivity contribution in [2.45, 2.75) is 33.2 Å². The molecule has 3 rings (SSSR count). The molecular weight excluding hydrogens is 374 g/mol. The van der Waals surface area contributed by atoms with Crippen LogP contribution in [0.25, 0.3) is 11.4 Å². The number of aryl methyl sites for hydroxylation is 1. The number of aromatic nitrogens is 3. The lowest BCUT2D eigenvalue weighted by atomic mass is 10.2. The molecule has 0 aromatic carbocycles. The lowest BCUT2D eigenvalue weighted by Crippen LogP contribution is -2.32. The van der Waals surface area contributed by atoms with Crippen molar-refractivity contribution in [2.75, 3.05) is 11.9 Å². The molecule has 0 aliphatic carbocycles. The summed E-state index contributed by atoms with van der Waals surface area (Å²) in [4.78, 5) is 33.2. The third-order valence-electron chi connectivity index (χ3n) is 4.39. The van der Waals surface area contributed by atoms with Gasteiger partial charge in [0.05, 0.1) is 17.8 Å². The maximum Gasteiger partial charge on any atom is 0.253 e. The van der Waals surface area contributed by atoms with Gasteiger partial charge in [0.25, 0.3) is 5.91 Å². The van der Waals surface area contributed by atoms with Crippen molar-refractivity contribution in [3.63, 3.8) is 0 Å². The average molecular weight is 398 g/mol. The van der Waals surface area contributed by atoms with Crippen molar-refractivity contribution >= 4 is 28.3 Å². The molecule has 3 aromatic heterocycles. The highest BCUT2D eigenvalue weighted by Crippen LogP contribution is 2.23. The highest BCUT2D eigenvalue weighted by molar-refractivity contribution is 7.14. The first kappa shape index (κ1) is 19.8. The Labute approximate surface area is 167 Å². The van der Waals surface area contributed by atoms with Gasteiger partial charge in [-0.15, -0.1) is 11.3 Å². The van der Waals surface area contributed by atoms with Gasteiger partial charge < -0.3 is 15.2 Å². The number of pyridine rings is 1. The van der Waals surface area contributed by atoms with Crippen molar-refractivity contribution in [1.82, 2.24) is 19.9 Å². The summed E-state index contributed by atoms with van der Waals surface area (Å²) in [5.41, 5.74) is 2.91. The lowest BCUT2D eigenvalue weighted by molar-refractivity contribution is -0.115. The van der Waals surface area contributed by atoms with Crippen LogP contribution in [0.2, 0.25) is 0 Å². The first-order valence-corrected chi connectivity index (χ1v) is 9.99. The topological polar surface area (TPSA) is 88.9 Å². The smallest absolute Gasteiger partial charge is 0.253 e. The van der Waals surface area contributed by atoms with Crippen LogP contribution in [-0.2, 0) is 4.79 Å². The van der Waals surface area contributed by atoms with E-state index < -0.39 is 0 Å². The van der Waals surface area contributed by atoms with Crippen LogP contribution in [0.1, 0.15) is 42.4 Å². The highest BCUT2D eigenvalue weighted by Gasteiger charge is 2.13. The molecule has 7 nitrogen and oxygen atoms in total. The van der Waals surface area contributed by atoms with Gasteiger partial charge in [0.2, 0.25) is 5.91 Å². The van der Waals surface area contributed by atoms with Crippen molar-refractivity contribution < 1.29 is 9.59 Å². The number of carbonyl (C=O) groups is 2. The molecule has 3 aromatic rings. The Morgan fingerprint density at radius 2 is 2.04 bits per heavy atom. The Morgan fingerprint density at radius 3 is 2.79 bits per heavy atom. The van der Waals surface area contributed by atoms with Gasteiger partial charge in [0.1, 0.15) is 5.69 Å². The number of carbonyl (C=O) groups excluding carboxylic acids is 2. The number of hydrogen-bond donors (Lipinski definition) is 2. The number of nitrogens with one attached hydrogen (secondary N) is 2. The van der Waals surface area contributed by atoms with Crippen LogP contribution in [-0.4, -0.2) is 32.9 Å². The zero-order valence-corrected chi connectivity index (χ0v) is 16.9. The van der Waals surface area contributed by atoms with Gasteiger partial charge >= 0.3 is 0 Å². The van der Waals surface area contributed by atoms with Gasteiger partial charge in [-0.25, -0.2) is 4.98 Å². The lowest BCUT2D eigenvalue weighted by Gasteiger charge is -2.09. The summed E-state index contributed by atoms with van der Waals surface area (Å²) in [5, 5.41) is 7.66. The Kier molecular flexibility index (Phi) is 6.20. The Hall–Kier alpha value is -3.00.